The number of nitrogens with zero attached hydrogens (tertiary/aromatic N) is 4. The standard InChI is InChI=1S/C18H18F3N7O4/c19-10-4-9(5-11(20)14(10)21)6-23-16-15(28(31)32)17(26-8-25-16)27-3-1-2-12(27)18(30)24-7-13(22)29/h4-5,8,12H,1-3,6-7H2,(H2,22,29)(H,24,30)(H,23,25,26). The molecule has 1 fully saturated rings. The number of amides is 2. The second-order valence-corrected chi connectivity index (χ2v) is 6.91. The average Bonchev–Trinajstić information content (AvgIpc) is 3.23. The van der Waals surface area contributed by atoms with Crippen LogP contribution < -0.4 is 21.3 Å². The maximum atomic E-state index is 13.4. The zero-order valence-electron chi connectivity index (χ0n) is 16.5. The van der Waals surface area contributed by atoms with Crippen LogP contribution in [0.3, 0.4) is 0 Å². The predicted molar refractivity (Wildman–Crippen MR) is 105 cm³/mol. The van der Waals surface area contributed by atoms with Gasteiger partial charge in [-0.2, -0.15) is 0 Å². The lowest BCUT2D eigenvalue weighted by atomic mass is 10.2. The fraction of sp³-hybridized carbons (Fsp3) is 0.333. The molecule has 3 rings (SSSR count). The van der Waals surface area contributed by atoms with Crippen LogP contribution in [-0.4, -0.2) is 45.8 Å². The number of rotatable bonds is 8. The summed E-state index contributed by atoms with van der Waals surface area (Å²) in [6, 6.07) is 0.675. The zero-order chi connectivity index (χ0) is 23.4. The number of nitrogens with one attached hydrogen (secondary N) is 2. The lowest BCUT2D eigenvalue weighted by molar-refractivity contribution is -0.383. The van der Waals surface area contributed by atoms with Crippen molar-refractivity contribution in [3.8, 4) is 0 Å². The van der Waals surface area contributed by atoms with Gasteiger partial charge in [0.05, 0.1) is 11.5 Å². The number of benzene rings is 1. The summed E-state index contributed by atoms with van der Waals surface area (Å²) in [5.74, 6) is -6.10. The van der Waals surface area contributed by atoms with E-state index in [1.807, 2.05) is 0 Å². The molecule has 170 valence electrons. The van der Waals surface area contributed by atoms with Crippen molar-refractivity contribution in [2.24, 2.45) is 5.73 Å². The minimum Gasteiger partial charge on any atom is -0.368 e. The van der Waals surface area contributed by atoms with Crippen LogP contribution in [0.15, 0.2) is 18.5 Å². The Labute approximate surface area is 179 Å². The Hall–Kier alpha value is -3.97. The molecule has 0 radical (unpaired) electrons. The first-order valence-corrected chi connectivity index (χ1v) is 9.38. The summed E-state index contributed by atoms with van der Waals surface area (Å²) in [6.45, 7) is -0.402. The lowest BCUT2D eigenvalue weighted by Gasteiger charge is -2.24. The minimum absolute atomic E-state index is 0.0132. The highest BCUT2D eigenvalue weighted by atomic mass is 19.2. The first-order chi connectivity index (χ1) is 15.2. The number of nitrogens with two attached hydrogens (primary N) is 1. The molecule has 1 saturated heterocycles. The molecule has 0 saturated carbocycles. The van der Waals surface area contributed by atoms with Gasteiger partial charge in [0.25, 0.3) is 0 Å². The average molecular weight is 453 g/mol. The number of halogens is 3. The number of aromatic nitrogens is 2. The van der Waals surface area contributed by atoms with Gasteiger partial charge in [-0.3, -0.25) is 19.7 Å². The van der Waals surface area contributed by atoms with E-state index < -0.39 is 45.9 Å². The van der Waals surface area contributed by atoms with Crippen LogP contribution in [0.5, 0.6) is 0 Å². The topological polar surface area (TPSA) is 156 Å². The molecule has 2 amide bonds. The fourth-order valence-corrected chi connectivity index (χ4v) is 3.36. The number of carbonyl (C=O) groups excluding carboxylic acids is 2. The van der Waals surface area contributed by atoms with Crippen molar-refractivity contribution in [2.75, 3.05) is 23.3 Å². The third-order valence-electron chi connectivity index (χ3n) is 4.75. The molecular formula is C18H18F3N7O4. The van der Waals surface area contributed by atoms with Crippen LogP contribution in [0.2, 0.25) is 0 Å². The SMILES string of the molecule is NC(=O)CNC(=O)C1CCCN1c1ncnc(NCc2cc(F)c(F)c(F)c2)c1[N+](=O)[O-]. The highest BCUT2D eigenvalue weighted by Gasteiger charge is 2.37. The Morgan fingerprint density at radius 1 is 1.25 bits per heavy atom. The van der Waals surface area contributed by atoms with Crippen LogP contribution in [-0.2, 0) is 16.1 Å². The lowest BCUT2D eigenvalue weighted by Crippen LogP contribution is -2.46. The summed E-state index contributed by atoms with van der Waals surface area (Å²) in [5, 5.41) is 16.7. The summed E-state index contributed by atoms with van der Waals surface area (Å²) in [4.78, 5) is 43.6. The number of hydrogen-bond acceptors (Lipinski definition) is 8. The van der Waals surface area contributed by atoms with Crippen molar-refractivity contribution in [3.63, 3.8) is 0 Å². The number of hydrogen-bond donors (Lipinski definition) is 3. The molecule has 11 nitrogen and oxygen atoms in total. The minimum atomic E-state index is -1.63. The monoisotopic (exact) mass is 453 g/mol. The van der Waals surface area contributed by atoms with Crippen LogP contribution in [0.1, 0.15) is 18.4 Å². The Morgan fingerprint density at radius 3 is 2.56 bits per heavy atom. The maximum absolute atomic E-state index is 13.4. The largest absolute Gasteiger partial charge is 0.368 e. The Kier molecular flexibility index (Phi) is 6.70. The molecule has 14 heteroatoms. The van der Waals surface area contributed by atoms with Gasteiger partial charge in [0.2, 0.25) is 23.5 Å². The number of anilines is 2. The fourth-order valence-electron chi connectivity index (χ4n) is 3.36. The summed E-state index contributed by atoms with van der Waals surface area (Å²) in [5.41, 5.74) is 4.46. The van der Waals surface area contributed by atoms with E-state index in [1.165, 1.54) is 4.90 Å². The summed E-state index contributed by atoms with van der Waals surface area (Å²) in [6.07, 6.45) is 1.93. The molecule has 1 aromatic carbocycles. The van der Waals surface area contributed by atoms with E-state index in [2.05, 4.69) is 20.6 Å². The van der Waals surface area contributed by atoms with Crippen molar-refractivity contribution >= 4 is 29.1 Å². The molecule has 1 unspecified atom stereocenters. The smallest absolute Gasteiger partial charge is 0.353 e. The summed E-state index contributed by atoms with van der Waals surface area (Å²) in [7, 11) is 0. The van der Waals surface area contributed by atoms with Gasteiger partial charge in [-0.1, -0.05) is 0 Å². The molecule has 0 bridgehead atoms. The zero-order valence-corrected chi connectivity index (χ0v) is 16.5. The van der Waals surface area contributed by atoms with Crippen molar-refractivity contribution < 1.29 is 27.7 Å². The van der Waals surface area contributed by atoms with Crippen molar-refractivity contribution in [1.82, 2.24) is 15.3 Å². The summed E-state index contributed by atoms with van der Waals surface area (Å²) < 4.78 is 40.0. The van der Waals surface area contributed by atoms with Crippen molar-refractivity contribution in [3.05, 3.63) is 51.6 Å². The Morgan fingerprint density at radius 2 is 1.94 bits per heavy atom. The van der Waals surface area contributed by atoms with Crippen LogP contribution in [0, 0.1) is 27.6 Å². The van der Waals surface area contributed by atoms with E-state index in [-0.39, 0.29) is 36.8 Å². The van der Waals surface area contributed by atoms with E-state index in [0.29, 0.717) is 12.8 Å². The second-order valence-electron chi connectivity index (χ2n) is 6.91. The normalized spacial score (nSPS) is 15.5. The van der Waals surface area contributed by atoms with E-state index >= 15 is 0 Å². The van der Waals surface area contributed by atoms with Crippen molar-refractivity contribution in [1.29, 1.82) is 0 Å². The van der Waals surface area contributed by atoms with Gasteiger partial charge in [-0.05, 0) is 30.5 Å². The first-order valence-electron chi connectivity index (χ1n) is 9.38. The quantitative estimate of drug-likeness (QED) is 0.303. The third kappa shape index (κ3) is 4.84. The van der Waals surface area contributed by atoms with E-state index in [0.717, 1.165) is 18.5 Å². The highest BCUT2D eigenvalue weighted by molar-refractivity contribution is 5.90. The van der Waals surface area contributed by atoms with Crippen LogP contribution in [0.25, 0.3) is 0 Å². The number of primary amides is 1. The van der Waals surface area contributed by atoms with Crippen molar-refractivity contribution in [2.45, 2.75) is 25.4 Å². The van der Waals surface area contributed by atoms with Crippen LogP contribution >= 0.6 is 0 Å². The van der Waals surface area contributed by atoms with E-state index in [9.17, 15) is 32.9 Å². The number of carbonyl (C=O) groups is 2. The van der Waals surface area contributed by atoms with Gasteiger partial charge < -0.3 is 21.3 Å². The first kappa shape index (κ1) is 22.7. The second kappa shape index (κ2) is 9.45. The maximum Gasteiger partial charge on any atom is 0.353 e. The summed E-state index contributed by atoms with van der Waals surface area (Å²) >= 11 is 0. The molecular weight excluding hydrogens is 435 g/mol. The molecule has 32 heavy (non-hydrogen) atoms. The van der Waals surface area contributed by atoms with Gasteiger partial charge in [-0.15, -0.1) is 0 Å². The molecule has 0 aliphatic carbocycles. The van der Waals surface area contributed by atoms with E-state index in [1.54, 1.807) is 0 Å². The molecule has 4 N–H and O–H groups in total. The van der Waals surface area contributed by atoms with Gasteiger partial charge in [0, 0.05) is 13.1 Å². The molecule has 2 aromatic rings. The van der Waals surface area contributed by atoms with Gasteiger partial charge in [-0.25, -0.2) is 23.1 Å². The predicted octanol–water partition coefficient (Wildman–Crippen LogP) is 0.984. The van der Waals surface area contributed by atoms with Gasteiger partial charge in [0.15, 0.2) is 17.5 Å². The molecule has 1 aliphatic rings. The molecule has 0 spiro atoms. The van der Waals surface area contributed by atoms with Crippen LogP contribution in [0.4, 0.5) is 30.5 Å². The highest BCUT2D eigenvalue weighted by Crippen LogP contribution is 2.36. The van der Waals surface area contributed by atoms with E-state index in [4.69, 9.17) is 5.73 Å². The number of nitro groups is 1. The molecule has 1 aliphatic heterocycles. The molecule has 1 atom stereocenters. The Balaban J connectivity index is 1.87. The Bertz CT molecular complexity index is 1050. The van der Waals surface area contributed by atoms with Gasteiger partial charge >= 0.3 is 5.69 Å². The third-order valence-corrected chi connectivity index (χ3v) is 4.75. The molecule has 2 heterocycles. The van der Waals surface area contributed by atoms with Gasteiger partial charge in [0.1, 0.15) is 12.4 Å². The molecule has 1 aromatic heterocycles.